The van der Waals surface area contributed by atoms with E-state index in [1.54, 1.807) is 12.0 Å². The summed E-state index contributed by atoms with van der Waals surface area (Å²) >= 11 is 6.03. The SMILES string of the molecule is CCOc1c(Cl)cc(C(=O)Nc2n[nH]c(C(F)(F)F)n2)cc1OC. The summed E-state index contributed by atoms with van der Waals surface area (Å²) in [5.41, 5.74) is 0.0404. The van der Waals surface area contributed by atoms with E-state index >= 15 is 0 Å². The molecule has 0 spiro atoms. The number of alkyl halides is 3. The molecule has 11 heteroatoms. The van der Waals surface area contributed by atoms with Crippen LogP contribution in [0.5, 0.6) is 11.5 Å². The molecule has 7 nitrogen and oxygen atoms in total. The molecular formula is C13H12ClF3N4O3. The number of carbonyl (C=O) groups excluding carboxylic acids is 1. The van der Waals surface area contributed by atoms with Gasteiger partial charge in [-0.3, -0.25) is 15.2 Å². The molecule has 0 radical (unpaired) electrons. The molecule has 2 N–H and O–H groups in total. The predicted octanol–water partition coefficient (Wildman–Crippen LogP) is 3.14. The quantitative estimate of drug-likeness (QED) is 0.850. The van der Waals surface area contributed by atoms with Gasteiger partial charge < -0.3 is 9.47 Å². The second-order valence-electron chi connectivity index (χ2n) is 4.38. The van der Waals surface area contributed by atoms with Crippen molar-refractivity contribution in [3.8, 4) is 11.5 Å². The number of amides is 1. The van der Waals surface area contributed by atoms with Crippen LogP contribution in [-0.2, 0) is 6.18 Å². The van der Waals surface area contributed by atoms with Gasteiger partial charge in [-0.1, -0.05) is 11.6 Å². The van der Waals surface area contributed by atoms with E-state index < -0.39 is 23.9 Å². The molecule has 0 atom stereocenters. The Morgan fingerprint density at radius 3 is 2.67 bits per heavy atom. The number of hydrogen-bond acceptors (Lipinski definition) is 5. The minimum absolute atomic E-state index is 0.0404. The summed E-state index contributed by atoms with van der Waals surface area (Å²) in [6.07, 6.45) is -4.69. The monoisotopic (exact) mass is 364 g/mol. The van der Waals surface area contributed by atoms with Gasteiger partial charge in [-0.15, -0.1) is 5.10 Å². The standard InChI is InChI=1S/C13H12ClF3N4O3/c1-3-24-9-7(14)4-6(5-8(9)23-2)10(22)18-12-19-11(20-21-12)13(15,16)17/h4-5H,3H2,1-2H3,(H2,18,19,20,21,22). The minimum atomic E-state index is -4.69. The summed E-state index contributed by atoms with van der Waals surface area (Å²) in [6.45, 7) is 2.08. The van der Waals surface area contributed by atoms with Crippen LogP contribution in [0.3, 0.4) is 0 Å². The van der Waals surface area contributed by atoms with Gasteiger partial charge in [-0.2, -0.15) is 18.2 Å². The highest BCUT2D eigenvalue weighted by Crippen LogP contribution is 2.36. The van der Waals surface area contributed by atoms with E-state index in [4.69, 9.17) is 21.1 Å². The Morgan fingerprint density at radius 1 is 1.42 bits per heavy atom. The zero-order valence-electron chi connectivity index (χ0n) is 12.5. The fraction of sp³-hybridized carbons (Fsp3) is 0.308. The van der Waals surface area contributed by atoms with Crippen molar-refractivity contribution in [3.63, 3.8) is 0 Å². The molecule has 0 aliphatic carbocycles. The van der Waals surface area contributed by atoms with E-state index in [0.29, 0.717) is 6.61 Å². The van der Waals surface area contributed by atoms with Crippen molar-refractivity contribution in [3.05, 3.63) is 28.5 Å². The van der Waals surface area contributed by atoms with E-state index in [0.717, 1.165) is 0 Å². The second-order valence-corrected chi connectivity index (χ2v) is 4.79. The van der Waals surface area contributed by atoms with Crippen LogP contribution in [-0.4, -0.2) is 34.8 Å². The van der Waals surface area contributed by atoms with Gasteiger partial charge in [0.15, 0.2) is 11.5 Å². The lowest BCUT2D eigenvalue weighted by Gasteiger charge is -2.12. The molecule has 1 amide bonds. The van der Waals surface area contributed by atoms with Crippen LogP contribution >= 0.6 is 11.6 Å². The zero-order chi connectivity index (χ0) is 17.9. The van der Waals surface area contributed by atoms with Crippen LogP contribution in [0.2, 0.25) is 5.02 Å². The summed E-state index contributed by atoms with van der Waals surface area (Å²) in [6, 6.07) is 2.63. The lowest BCUT2D eigenvalue weighted by molar-refractivity contribution is -0.144. The van der Waals surface area contributed by atoms with Crippen molar-refractivity contribution in [1.82, 2.24) is 15.2 Å². The lowest BCUT2D eigenvalue weighted by atomic mass is 10.2. The number of carbonyl (C=O) groups is 1. The lowest BCUT2D eigenvalue weighted by Crippen LogP contribution is -2.14. The Kier molecular flexibility index (Phi) is 5.17. The van der Waals surface area contributed by atoms with E-state index in [2.05, 4.69) is 15.4 Å². The van der Waals surface area contributed by atoms with Crippen LogP contribution in [0, 0.1) is 0 Å². The van der Waals surface area contributed by atoms with Crippen molar-refractivity contribution >= 4 is 23.5 Å². The molecule has 0 saturated carbocycles. The fourth-order valence-corrected chi connectivity index (χ4v) is 2.02. The number of aromatic nitrogens is 3. The molecule has 0 fully saturated rings. The van der Waals surface area contributed by atoms with Crippen LogP contribution in [0.25, 0.3) is 0 Å². The molecule has 0 saturated heterocycles. The predicted molar refractivity (Wildman–Crippen MR) is 78.5 cm³/mol. The Labute approximate surface area is 139 Å². The van der Waals surface area contributed by atoms with Crippen molar-refractivity contribution in [2.75, 3.05) is 19.0 Å². The number of benzene rings is 1. The molecule has 130 valence electrons. The number of anilines is 1. The summed E-state index contributed by atoms with van der Waals surface area (Å²) < 4.78 is 47.7. The van der Waals surface area contributed by atoms with E-state index in [9.17, 15) is 18.0 Å². The summed E-state index contributed by atoms with van der Waals surface area (Å²) in [7, 11) is 1.36. The van der Waals surface area contributed by atoms with E-state index in [-0.39, 0.29) is 22.1 Å². The molecule has 2 aromatic rings. The smallest absolute Gasteiger partial charge is 0.451 e. The number of hydrogen-bond donors (Lipinski definition) is 2. The summed E-state index contributed by atoms with van der Waals surface area (Å²) in [5, 5.41) is 7.23. The molecule has 24 heavy (non-hydrogen) atoms. The maximum atomic E-state index is 12.4. The highest BCUT2D eigenvalue weighted by molar-refractivity contribution is 6.32. The number of rotatable bonds is 5. The van der Waals surface area contributed by atoms with Crippen molar-refractivity contribution in [2.45, 2.75) is 13.1 Å². The first-order valence-electron chi connectivity index (χ1n) is 6.57. The number of nitrogens with zero attached hydrogens (tertiary/aromatic N) is 2. The molecule has 0 unspecified atom stereocenters. The van der Waals surface area contributed by atoms with Gasteiger partial charge >= 0.3 is 6.18 Å². The van der Waals surface area contributed by atoms with Crippen LogP contribution in [0.1, 0.15) is 23.1 Å². The third-order valence-corrected chi connectivity index (χ3v) is 3.04. The third-order valence-electron chi connectivity index (χ3n) is 2.76. The topological polar surface area (TPSA) is 89.1 Å². The normalized spacial score (nSPS) is 11.2. The number of halogens is 4. The van der Waals surface area contributed by atoms with Gasteiger partial charge in [-0.25, -0.2) is 0 Å². The largest absolute Gasteiger partial charge is 0.493 e. The first kappa shape index (κ1) is 17.9. The first-order valence-corrected chi connectivity index (χ1v) is 6.95. The van der Waals surface area contributed by atoms with Gasteiger partial charge in [0.1, 0.15) is 0 Å². The van der Waals surface area contributed by atoms with Crippen molar-refractivity contribution in [2.24, 2.45) is 0 Å². The van der Waals surface area contributed by atoms with Gasteiger partial charge in [-0.05, 0) is 19.1 Å². The molecule has 1 aromatic heterocycles. The molecule has 1 aromatic carbocycles. The number of ether oxygens (including phenoxy) is 2. The van der Waals surface area contributed by atoms with E-state index in [1.807, 2.05) is 0 Å². The number of H-pyrrole nitrogens is 1. The summed E-state index contributed by atoms with van der Waals surface area (Å²) in [5.74, 6) is -2.13. The highest BCUT2D eigenvalue weighted by Gasteiger charge is 2.35. The Morgan fingerprint density at radius 2 is 2.12 bits per heavy atom. The van der Waals surface area contributed by atoms with E-state index in [1.165, 1.54) is 19.2 Å². The van der Waals surface area contributed by atoms with Crippen LogP contribution < -0.4 is 14.8 Å². The molecule has 0 aliphatic heterocycles. The van der Waals surface area contributed by atoms with Crippen LogP contribution in [0.4, 0.5) is 19.1 Å². The first-order chi connectivity index (χ1) is 11.3. The maximum absolute atomic E-state index is 12.4. The fourth-order valence-electron chi connectivity index (χ4n) is 1.75. The van der Waals surface area contributed by atoms with Gasteiger partial charge in [0, 0.05) is 5.56 Å². The van der Waals surface area contributed by atoms with Gasteiger partial charge in [0.05, 0.1) is 18.7 Å². The zero-order valence-corrected chi connectivity index (χ0v) is 13.2. The highest BCUT2D eigenvalue weighted by atomic mass is 35.5. The second kappa shape index (κ2) is 6.95. The number of methoxy groups -OCH3 is 1. The van der Waals surface area contributed by atoms with Crippen molar-refractivity contribution < 1.29 is 27.4 Å². The number of nitrogens with one attached hydrogen (secondary N) is 2. The molecule has 2 rings (SSSR count). The molecular weight excluding hydrogens is 353 g/mol. The van der Waals surface area contributed by atoms with Crippen LogP contribution in [0.15, 0.2) is 12.1 Å². The minimum Gasteiger partial charge on any atom is -0.493 e. The number of aromatic amines is 1. The van der Waals surface area contributed by atoms with Crippen molar-refractivity contribution in [1.29, 1.82) is 0 Å². The average molecular weight is 365 g/mol. The van der Waals surface area contributed by atoms with Gasteiger partial charge in [0.25, 0.3) is 5.91 Å². The third kappa shape index (κ3) is 3.88. The average Bonchev–Trinajstić information content (AvgIpc) is 2.97. The molecule has 1 heterocycles. The Balaban J connectivity index is 2.24. The molecule has 0 bridgehead atoms. The van der Waals surface area contributed by atoms with Gasteiger partial charge in [0.2, 0.25) is 11.8 Å². The summed E-state index contributed by atoms with van der Waals surface area (Å²) in [4.78, 5) is 15.3. The maximum Gasteiger partial charge on any atom is 0.451 e. The Bertz CT molecular complexity index is 749. The molecule has 0 aliphatic rings. The Hall–Kier alpha value is -2.49.